The molecule has 0 saturated heterocycles. The molecule has 0 radical (unpaired) electrons. The van der Waals surface area contributed by atoms with Crippen LogP contribution in [0.25, 0.3) is 0 Å². The summed E-state index contributed by atoms with van der Waals surface area (Å²) in [6.07, 6.45) is 2.29. The second-order valence-corrected chi connectivity index (χ2v) is 2.88. The Morgan fingerprint density at radius 2 is 2.00 bits per heavy atom. The van der Waals surface area contributed by atoms with Gasteiger partial charge in [-0.05, 0) is 33.5 Å². The first-order valence-electron chi connectivity index (χ1n) is 4.05. The summed E-state index contributed by atoms with van der Waals surface area (Å²) in [5, 5.41) is 0. The van der Waals surface area contributed by atoms with Crippen molar-refractivity contribution in [3.05, 3.63) is 0 Å². The van der Waals surface area contributed by atoms with Gasteiger partial charge >= 0.3 is 5.97 Å². The van der Waals surface area contributed by atoms with Crippen molar-refractivity contribution in [2.75, 3.05) is 27.7 Å². The zero-order valence-electron chi connectivity index (χ0n) is 8.00. The maximum atomic E-state index is 10.7. The lowest BCUT2D eigenvalue weighted by atomic mass is 10.2. The third-order valence-corrected chi connectivity index (χ3v) is 1.41. The molecule has 0 N–H and O–H groups in total. The van der Waals surface area contributed by atoms with E-state index in [1.807, 2.05) is 14.1 Å². The molecule has 0 rings (SSSR count). The lowest BCUT2D eigenvalue weighted by molar-refractivity contribution is -0.255. The van der Waals surface area contributed by atoms with Crippen LogP contribution in [0.3, 0.4) is 0 Å². The van der Waals surface area contributed by atoms with E-state index in [-0.39, 0.29) is 5.97 Å². The van der Waals surface area contributed by atoms with E-state index in [2.05, 4.69) is 14.7 Å². The summed E-state index contributed by atoms with van der Waals surface area (Å²) in [5.41, 5.74) is 0. The molecule has 0 fully saturated rings. The monoisotopic (exact) mass is 175 g/mol. The molecule has 4 heteroatoms. The van der Waals surface area contributed by atoms with Gasteiger partial charge in [-0.2, -0.15) is 4.89 Å². The van der Waals surface area contributed by atoms with Crippen molar-refractivity contribution in [3.8, 4) is 0 Å². The van der Waals surface area contributed by atoms with Gasteiger partial charge in [-0.1, -0.05) is 0 Å². The summed E-state index contributed by atoms with van der Waals surface area (Å²) in [7, 11) is 5.35. The van der Waals surface area contributed by atoms with Crippen molar-refractivity contribution in [1.29, 1.82) is 0 Å². The minimum Gasteiger partial charge on any atom is -0.309 e. The smallest absolute Gasteiger partial charge is 0.309 e. The first-order valence-corrected chi connectivity index (χ1v) is 4.05. The highest BCUT2D eigenvalue weighted by molar-refractivity contribution is 5.68. The number of carbonyl (C=O) groups excluding carboxylic acids is 1. The Bertz CT molecular complexity index is 125. The number of nitrogens with zero attached hydrogens (tertiary/aromatic N) is 1. The number of hydrogen-bond donors (Lipinski definition) is 0. The van der Waals surface area contributed by atoms with Crippen molar-refractivity contribution in [2.24, 2.45) is 0 Å². The van der Waals surface area contributed by atoms with Crippen LogP contribution in [0, 0.1) is 0 Å². The molecule has 0 aromatic rings. The van der Waals surface area contributed by atoms with Gasteiger partial charge in [0.1, 0.15) is 0 Å². The van der Waals surface area contributed by atoms with Gasteiger partial charge < -0.3 is 4.90 Å². The van der Waals surface area contributed by atoms with Crippen molar-refractivity contribution in [3.63, 3.8) is 0 Å². The van der Waals surface area contributed by atoms with Crippen LogP contribution in [0.5, 0.6) is 0 Å². The molecule has 0 aliphatic carbocycles. The Morgan fingerprint density at radius 1 is 1.33 bits per heavy atom. The van der Waals surface area contributed by atoms with Crippen LogP contribution in [-0.2, 0) is 14.6 Å². The molecule has 0 aromatic carbocycles. The van der Waals surface area contributed by atoms with Crippen LogP contribution in [0.1, 0.15) is 19.3 Å². The molecule has 12 heavy (non-hydrogen) atoms. The predicted molar refractivity (Wildman–Crippen MR) is 45.5 cm³/mol. The minimum absolute atomic E-state index is 0.295. The minimum atomic E-state index is -0.295. The molecule has 0 aliphatic rings. The molecule has 0 saturated carbocycles. The predicted octanol–water partition coefficient (Wildman–Crippen LogP) is 0.823. The van der Waals surface area contributed by atoms with Gasteiger partial charge in [0.25, 0.3) is 0 Å². The maximum absolute atomic E-state index is 10.7. The molecule has 0 bridgehead atoms. The van der Waals surface area contributed by atoms with E-state index in [0.29, 0.717) is 6.42 Å². The Kier molecular flexibility index (Phi) is 6.70. The van der Waals surface area contributed by atoms with Crippen LogP contribution in [0.15, 0.2) is 0 Å². The van der Waals surface area contributed by atoms with Crippen molar-refractivity contribution < 1.29 is 14.6 Å². The summed E-state index contributed by atoms with van der Waals surface area (Å²) in [4.78, 5) is 21.3. The Morgan fingerprint density at radius 3 is 2.50 bits per heavy atom. The summed E-state index contributed by atoms with van der Waals surface area (Å²) in [6, 6.07) is 0. The maximum Gasteiger partial charge on any atom is 0.342 e. The Hall–Kier alpha value is -0.610. The number of hydrogen-bond acceptors (Lipinski definition) is 4. The molecule has 0 spiro atoms. The Labute approximate surface area is 73.4 Å². The zero-order valence-corrected chi connectivity index (χ0v) is 8.00. The van der Waals surface area contributed by atoms with Gasteiger partial charge in [0, 0.05) is 6.42 Å². The summed E-state index contributed by atoms with van der Waals surface area (Å²) < 4.78 is 0. The quantitative estimate of drug-likeness (QED) is 0.340. The largest absolute Gasteiger partial charge is 0.342 e. The first-order chi connectivity index (χ1) is 5.66. The molecule has 0 heterocycles. The summed E-state index contributed by atoms with van der Waals surface area (Å²) in [5.74, 6) is -0.295. The lowest BCUT2D eigenvalue weighted by Gasteiger charge is -2.07. The van der Waals surface area contributed by atoms with Crippen molar-refractivity contribution >= 4 is 5.97 Å². The fraction of sp³-hybridized carbons (Fsp3) is 0.875. The molecule has 0 atom stereocenters. The summed E-state index contributed by atoms with van der Waals surface area (Å²) in [6.45, 7) is 1.00. The van der Waals surface area contributed by atoms with Gasteiger partial charge in [0.15, 0.2) is 0 Å². The number of rotatable bonds is 6. The Balaban J connectivity index is 3.14. The molecular weight excluding hydrogens is 158 g/mol. The highest BCUT2D eigenvalue weighted by Gasteiger charge is 2.01. The highest BCUT2D eigenvalue weighted by Crippen LogP contribution is 1.98. The highest BCUT2D eigenvalue weighted by atomic mass is 17.2. The number of carbonyl (C=O) groups is 1. The van der Waals surface area contributed by atoms with Crippen LogP contribution < -0.4 is 0 Å². The molecule has 0 amide bonds. The van der Waals surface area contributed by atoms with E-state index >= 15 is 0 Å². The average Bonchev–Trinajstić information content (AvgIpc) is 1.98. The van der Waals surface area contributed by atoms with E-state index in [9.17, 15) is 4.79 Å². The zero-order chi connectivity index (χ0) is 9.40. The molecule has 0 aliphatic heterocycles. The van der Waals surface area contributed by atoms with Gasteiger partial charge in [0.05, 0.1) is 7.11 Å². The van der Waals surface area contributed by atoms with Gasteiger partial charge in [-0.15, -0.1) is 0 Å². The molecular formula is C8H17NO3. The molecule has 0 unspecified atom stereocenters. The standard InChI is InChI=1S/C8H17NO3/c1-9(2)7-5-4-6-8(10)12-11-3/h4-7H2,1-3H3. The van der Waals surface area contributed by atoms with E-state index in [1.165, 1.54) is 7.11 Å². The lowest BCUT2D eigenvalue weighted by Crippen LogP contribution is -2.13. The second kappa shape index (κ2) is 7.06. The van der Waals surface area contributed by atoms with E-state index in [1.54, 1.807) is 0 Å². The van der Waals surface area contributed by atoms with Crippen LogP contribution in [0.4, 0.5) is 0 Å². The molecule has 72 valence electrons. The van der Waals surface area contributed by atoms with Gasteiger partial charge in [-0.3, -0.25) is 4.89 Å². The molecule has 0 aromatic heterocycles. The van der Waals surface area contributed by atoms with Gasteiger partial charge in [0.2, 0.25) is 0 Å². The third-order valence-electron chi connectivity index (χ3n) is 1.41. The van der Waals surface area contributed by atoms with Crippen molar-refractivity contribution in [1.82, 2.24) is 4.90 Å². The SMILES string of the molecule is COOC(=O)CCCCN(C)C. The van der Waals surface area contributed by atoms with Crippen LogP contribution in [0.2, 0.25) is 0 Å². The first kappa shape index (κ1) is 11.4. The van der Waals surface area contributed by atoms with E-state index < -0.39 is 0 Å². The van der Waals surface area contributed by atoms with E-state index in [0.717, 1.165) is 19.4 Å². The van der Waals surface area contributed by atoms with Crippen LogP contribution >= 0.6 is 0 Å². The fourth-order valence-corrected chi connectivity index (χ4v) is 0.832. The average molecular weight is 175 g/mol. The normalized spacial score (nSPS) is 10.3. The third kappa shape index (κ3) is 7.50. The second-order valence-electron chi connectivity index (χ2n) is 2.88. The van der Waals surface area contributed by atoms with E-state index in [4.69, 9.17) is 0 Å². The topological polar surface area (TPSA) is 38.8 Å². The summed E-state index contributed by atoms with van der Waals surface area (Å²) >= 11 is 0. The molecule has 4 nitrogen and oxygen atoms in total. The van der Waals surface area contributed by atoms with Crippen LogP contribution in [-0.4, -0.2) is 38.6 Å². The fourth-order valence-electron chi connectivity index (χ4n) is 0.832. The van der Waals surface area contributed by atoms with Gasteiger partial charge in [-0.25, -0.2) is 4.79 Å². The van der Waals surface area contributed by atoms with Crippen molar-refractivity contribution in [2.45, 2.75) is 19.3 Å². The number of unbranched alkanes of at least 4 members (excludes halogenated alkanes) is 1.